The lowest BCUT2D eigenvalue weighted by molar-refractivity contribution is 0.354. The third-order valence-corrected chi connectivity index (χ3v) is 5.52. The molecule has 25 heavy (non-hydrogen) atoms. The first kappa shape index (κ1) is 17.0. The summed E-state index contributed by atoms with van der Waals surface area (Å²) < 4.78 is 35.7. The van der Waals surface area contributed by atoms with E-state index in [0.717, 1.165) is 0 Å². The molecule has 130 valence electrons. The summed E-state index contributed by atoms with van der Waals surface area (Å²) in [6, 6.07) is 12.7. The highest BCUT2D eigenvalue weighted by Crippen LogP contribution is 2.30. The molecule has 0 aliphatic carbocycles. The highest BCUT2D eigenvalue weighted by Gasteiger charge is 2.19. The number of nitrogens with one attached hydrogen (secondary N) is 1. The molecule has 0 unspecified atom stereocenters. The molecule has 0 amide bonds. The van der Waals surface area contributed by atoms with Gasteiger partial charge < -0.3 is 14.5 Å². The topological polar surface area (TPSA) is 85.5 Å². The summed E-state index contributed by atoms with van der Waals surface area (Å²) in [5, 5.41) is 0.523. The van der Waals surface area contributed by atoms with E-state index in [4.69, 9.17) is 9.47 Å². The Balaban J connectivity index is 2.01. The van der Waals surface area contributed by atoms with Crippen molar-refractivity contribution in [1.29, 1.82) is 0 Å². The summed E-state index contributed by atoms with van der Waals surface area (Å²) in [5.41, 5.74) is 0.720. The normalized spacial score (nSPS) is 11.4. The maximum absolute atomic E-state index is 12.7. The van der Waals surface area contributed by atoms with Gasteiger partial charge in [-0.2, -0.15) is 0 Å². The minimum absolute atomic E-state index is 0.0964. The van der Waals surface area contributed by atoms with Gasteiger partial charge in [0.25, 0.3) is 0 Å². The molecule has 0 spiro atoms. The fourth-order valence-corrected chi connectivity index (χ4v) is 3.92. The van der Waals surface area contributed by atoms with E-state index in [1.807, 2.05) is 0 Å². The van der Waals surface area contributed by atoms with E-state index in [2.05, 4.69) is 4.98 Å². The largest absolute Gasteiger partial charge is 0.493 e. The molecule has 2 aromatic carbocycles. The van der Waals surface area contributed by atoms with Gasteiger partial charge in [0.15, 0.2) is 26.8 Å². The van der Waals surface area contributed by atoms with Crippen LogP contribution < -0.4 is 14.9 Å². The monoisotopic (exact) mass is 359 g/mol. The van der Waals surface area contributed by atoms with Gasteiger partial charge in [0.05, 0.1) is 24.9 Å². The number of aromatic nitrogens is 1. The summed E-state index contributed by atoms with van der Waals surface area (Å²) in [6.45, 7) is 0. The van der Waals surface area contributed by atoms with Crippen LogP contribution in [0.4, 0.5) is 0 Å². The number of para-hydroxylation sites is 1. The fraction of sp³-hybridized carbons (Fsp3) is 0.167. The van der Waals surface area contributed by atoms with Crippen molar-refractivity contribution in [3.63, 3.8) is 0 Å². The first-order chi connectivity index (χ1) is 11.9. The van der Waals surface area contributed by atoms with E-state index in [1.54, 1.807) is 24.3 Å². The number of hydrogen-bond donors (Lipinski definition) is 1. The molecule has 0 saturated heterocycles. The average Bonchev–Trinajstić information content (AvgIpc) is 2.60. The zero-order valence-corrected chi connectivity index (χ0v) is 14.6. The first-order valence-electron chi connectivity index (χ1n) is 7.50. The molecule has 0 fully saturated rings. The van der Waals surface area contributed by atoms with Crippen LogP contribution in [0.15, 0.2) is 58.2 Å². The number of hydrogen-bond acceptors (Lipinski definition) is 5. The Morgan fingerprint density at radius 3 is 2.40 bits per heavy atom. The second-order valence-electron chi connectivity index (χ2n) is 5.48. The number of rotatable bonds is 5. The molecular weight excluding hydrogens is 342 g/mol. The summed E-state index contributed by atoms with van der Waals surface area (Å²) in [7, 11) is -0.744. The second-order valence-corrected chi connectivity index (χ2v) is 7.47. The van der Waals surface area contributed by atoms with Gasteiger partial charge in [-0.3, -0.25) is 4.79 Å². The van der Waals surface area contributed by atoms with Crippen LogP contribution in [0.1, 0.15) is 5.69 Å². The van der Waals surface area contributed by atoms with Crippen molar-refractivity contribution in [1.82, 2.24) is 4.98 Å². The van der Waals surface area contributed by atoms with E-state index in [1.165, 1.54) is 38.5 Å². The molecule has 1 N–H and O–H groups in total. The molecule has 0 aliphatic rings. The van der Waals surface area contributed by atoms with Crippen LogP contribution in [0, 0.1) is 0 Å². The Labute approximate surface area is 144 Å². The Kier molecular flexibility index (Phi) is 4.50. The highest BCUT2D eigenvalue weighted by molar-refractivity contribution is 7.90. The lowest BCUT2D eigenvalue weighted by Gasteiger charge is -2.10. The van der Waals surface area contributed by atoms with Crippen molar-refractivity contribution in [3.8, 4) is 11.5 Å². The fourth-order valence-electron chi connectivity index (χ4n) is 2.63. The average molecular weight is 359 g/mol. The van der Waals surface area contributed by atoms with Crippen molar-refractivity contribution in [2.45, 2.75) is 10.6 Å². The number of H-pyrrole nitrogens is 1. The van der Waals surface area contributed by atoms with Crippen molar-refractivity contribution < 1.29 is 17.9 Å². The van der Waals surface area contributed by atoms with E-state index in [-0.39, 0.29) is 16.1 Å². The van der Waals surface area contributed by atoms with Gasteiger partial charge in [0, 0.05) is 28.7 Å². The van der Waals surface area contributed by atoms with Gasteiger partial charge in [-0.15, -0.1) is 0 Å². The van der Waals surface area contributed by atoms with E-state index in [0.29, 0.717) is 28.1 Å². The Morgan fingerprint density at radius 2 is 1.68 bits per heavy atom. The Hall–Kier alpha value is -2.80. The van der Waals surface area contributed by atoms with Crippen LogP contribution in [0.25, 0.3) is 10.9 Å². The minimum Gasteiger partial charge on any atom is -0.493 e. The third kappa shape index (κ3) is 3.36. The standard InChI is InChI=1S/C18H17NO5S/c1-23-17-8-7-13(10-18(17)24-2)25(21,22)11-12-9-16(20)14-5-3-4-6-15(14)19-12/h3-10H,11H2,1-2H3,(H,19,20). The molecule has 3 rings (SSSR count). The molecule has 7 heteroatoms. The van der Waals surface area contributed by atoms with Crippen LogP contribution in [0.2, 0.25) is 0 Å². The van der Waals surface area contributed by atoms with Crippen LogP contribution in [0.3, 0.4) is 0 Å². The zero-order chi connectivity index (χ0) is 18.0. The van der Waals surface area contributed by atoms with E-state index in [9.17, 15) is 13.2 Å². The van der Waals surface area contributed by atoms with Crippen LogP contribution in [-0.4, -0.2) is 27.6 Å². The molecule has 6 nitrogen and oxygen atoms in total. The predicted molar refractivity (Wildman–Crippen MR) is 95.0 cm³/mol. The SMILES string of the molecule is COc1ccc(S(=O)(=O)Cc2cc(=O)c3ccccc3[nH]2)cc1OC. The highest BCUT2D eigenvalue weighted by atomic mass is 32.2. The number of pyridine rings is 1. The minimum atomic E-state index is -3.66. The predicted octanol–water partition coefficient (Wildman–Crippen LogP) is 2.52. The van der Waals surface area contributed by atoms with Crippen LogP contribution in [0.5, 0.6) is 11.5 Å². The molecule has 3 aromatic rings. The Bertz CT molecular complexity index is 1090. The summed E-state index contributed by atoms with van der Waals surface area (Å²) in [6.07, 6.45) is 0. The third-order valence-electron chi connectivity index (χ3n) is 3.85. The van der Waals surface area contributed by atoms with Gasteiger partial charge >= 0.3 is 0 Å². The quantitative estimate of drug-likeness (QED) is 0.756. The number of benzene rings is 2. The van der Waals surface area contributed by atoms with Gasteiger partial charge in [0.2, 0.25) is 0 Å². The number of ether oxygens (including phenoxy) is 2. The molecule has 1 aromatic heterocycles. The second kappa shape index (κ2) is 6.60. The van der Waals surface area contributed by atoms with Crippen molar-refractivity contribution in [2.75, 3.05) is 14.2 Å². The first-order valence-corrected chi connectivity index (χ1v) is 9.15. The van der Waals surface area contributed by atoms with Gasteiger partial charge in [0.1, 0.15) is 0 Å². The van der Waals surface area contributed by atoms with Crippen LogP contribution in [-0.2, 0) is 15.6 Å². The maximum Gasteiger partial charge on any atom is 0.189 e. The van der Waals surface area contributed by atoms with E-state index >= 15 is 0 Å². The van der Waals surface area contributed by atoms with Gasteiger partial charge in [-0.25, -0.2) is 8.42 Å². The number of fused-ring (bicyclic) bond motifs is 1. The van der Waals surface area contributed by atoms with Gasteiger partial charge in [-0.05, 0) is 24.3 Å². The lowest BCUT2D eigenvalue weighted by atomic mass is 10.2. The summed E-state index contributed by atoms with van der Waals surface area (Å²) in [5.74, 6) is 0.457. The maximum atomic E-state index is 12.7. The van der Waals surface area contributed by atoms with Crippen LogP contribution >= 0.6 is 0 Å². The van der Waals surface area contributed by atoms with E-state index < -0.39 is 9.84 Å². The van der Waals surface area contributed by atoms with Crippen molar-refractivity contribution >= 4 is 20.7 Å². The van der Waals surface area contributed by atoms with Crippen molar-refractivity contribution in [2.24, 2.45) is 0 Å². The Morgan fingerprint density at radius 1 is 0.960 bits per heavy atom. The molecule has 0 aliphatic heterocycles. The molecular formula is C18H17NO5S. The van der Waals surface area contributed by atoms with Crippen molar-refractivity contribution in [3.05, 3.63) is 64.4 Å². The van der Waals surface area contributed by atoms with Gasteiger partial charge in [-0.1, -0.05) is 12.1 Å². The smallest absolute Gasteiger partial charge is 0.189 e. The number of sulfone groups is 1. The summed E-state index contributed by atoms with van der Waals surface area (Å²) in [4.78, 5) is 15.3. The molecule has 0 radical (unpaired) electrons. The number of aromatic amines is 1. The molecule has 0 saturated carbocycles. The summed E-state index contributed by atoms with van der Waals surface area (Å²) >= 11 is 0. The lowest BCUT2D eigenvalue weighted by Crippen LogP contribution is -2.11. The molecule has 1 heterocycles. The molecule has 0 bridgehead atoms. The zero-order valence-electron chi connectivity index (χ0n) is 13.8. The number of methoxy groups -OCH3 is 2. The molecule has 0 atom stereocenters.